The van der Waals surface area contributed by atoms with Crippen LogP contribution in [0.25, 0.3) is 21.7 Å². The number of hydrogen-bond acceptors (Lipinski definition) is 4. The van der Waals surface area contributed by atoms with Gasteiger partial charge in [0.15, 0.2) is 12.1 Å². The van der Waals surface area contributed by atoms with Gasteiger partial charge >= 0.3 is 0 Å². The first-order chi connectivity index (χ1) is 10.5. The van der Waals surface area contributed by atoms with E-state index < -0.39 is 12.3 Å². The Kier molecular flexibility index (Phi) is 3.70. The molecule has 1 atom stereocenters. The fourth-order valence-electron chi connectivity index (χ4n) is 2.81. The number of aliphatic hydroxyl groups excluding tert-OH is 1. The summed E-state index contributed by atoms with van der Waals surface area (Å²) in [7, 11) is 0. The van der Waals surface area contributed by atoms with Gasteiger partial charge in [0.05, 0.1) is 17.3 Å². The van der Waals surface area contributed by atoms with Gasteiger partial charge in [0.25, 0.3) is 0 Å². The van der Waals surface area contributed by atoms with E-state index in [1.54, 1.807) is 0 Å². The van der Waals surface area contributed by atoms with Crippen LogP contribution in [0, 0.1) is 0 Å². The van der Waals surface area contributed by atoms with E-state index in [0.29, 0.717) is 17.3 Å². The summed E-state index contributed by atoms with van der Waals surface area (Å²) in [5, 5.41) is 21.8. The van der Waals surface area contributed by atoms with Gasteiger partial charge in [-0.15, -0.1) is 0 Å². The Bertz CT molecular complexity index is 852. The molecule has 3 aromatic rings. The van der Waals surface area contributed by atoms with Crippen LogP contribution in [0.4, 0.5) is 0 Å². The summed E-state index contributed by atoms with van der Waals surface area (Å²) in [6.07, 6.45) is -1.27. The summed E-state index contributed by atoms with van der Waals surface area (Å²) in [6.45, 7) is 1.82. The van der Waals surface area contributed by atoms with Gasteiger partial charge in [-0.2, -0.15) is 0 Å². The van der Waals surface area contributed by atoms with E-state index in [1.165, 1.54) is 0 Å². The number of benzene rings is 2. The van der Waals surface area contributed by atoms with Crippen LogP contribution in [0.1, 0.15) is 35.7 Å². The van der Waals surface area contributed by atoms with Crippen molar-refractivity contribution in [3.63, 3.8) is 0 Å². The lowest BCUT2D eigenvalue weighted by molar-refractivity contribution is -0.0457. The Morgan fingerprint density at radius 1 is 1.23 bits per heavy atom. The van der Waals surface area contributed by atoms with Crippen LogP contribution in [0.5, 0.6) is 0 Å². The minimum atomic E-state index is -1.76. The van der Waals surface area contributed by atoms with E-state index in [2.05, 4.69) is 4.98 Å². The predicted octanol–water partition coefficient (Wildman–Crippen LogP) is 2.22. The highest BCUT2D eigenvalue weighted by molar-refractivity contribution is 6.20. The Labute approximate surface area is 127 Å². The molecule has 0 amide bonds. The second kappa shape index (κ2) is 5.53. The van der Waals surface area contributed by atoms with E-state index >= 15 is 0 Å². The third kappa shape index (κ3) is 2.20. The standard InChI is InChI=1S/C17H18N2O3/c1-2-11(18)16(20)14-13-10-6-4-3-5-9(10)7-8-12(13)19-15(14)17(21)22/h3-8,11,17,19,21-22H,2,18H2,1H3/t11-/m0/s1. The van der Waals surface area contributed by atoms with Crippen LogP contribution < -0.4 is 5.73 Å². The molecule has 5 heteroatoms. The third-order valence-electron chi connectivity index (χ3n) is 4.00. The second-order valence-electron chi connectivity index (χ2n) is 5.38. The summed E-state index contributed by atoms with van der Waals surface area (Å²) in [5.74, 6) is -0.284. The summed E-state index contributed by atoms with van der Waals surface area (Å²) in [6, 6.07) is 10.8. The molecule has 3 rings (SSSR count). The second-order valence-corrected chi connectivity index (χ2v) is 5.38. The number of ketones is 1. The Morgan fingerprint density at radius 2 is 1.95 bits per heavy atom. The van der Waals surface area contributed by atoms with Crippen LogP contribution >= 0.6 is 0 Å². The number of H-pyrrole nitrogens is 1. The van der Waals surface area contributed by atoms with Crippen molar-refractivity contribution in [1.82, 2.24) is 4.98 Å². The number of fused-ring (bicyclic) bond motifs is 3. The fourth-order valence-corrected chi connectivity index (χ4v) is 2.81. The summed E-state index contributed by atoms with van der Waals surface area (Å²) >= 11 is 0. The number of aromatic nitrogens is 1. The molecule has 22 heavy (non-hydrogen) atoms. The van der Waals surface area contributed by atoms with Gasteiger partial charge in [0.2, 0.25) is 0 Å². The first-order valence-corrected chi connectivity index (χ1v) is 7.23. The van der Waals surface area contributed by atoms with Gasteiger partial charge in [-0.05, 0) is 23.3 Å². The molecule has 0 bridgehead atoms. The van der Waals surface area contributed by atoms with Gasteiger partial charge < -0.3 is 20.9 Å². The van der Waals surface area contributed by atoms with Crippen molar-refractivity contribution in [3.8, 4) is 0 Å². The number of carbonyl (C=O) groups is 1. The normalized spacial score (nSPS) is 13.1. The van der Waals surface area contributed by atoms with Gasteiger partial charge in [-0.1, -0.05) is 37.3 Å². The number of hydrogen-bond donors (Lipinski definition) is 4. The van der Waals surface area contributed by atoms with E-state index in [0.717, 1.165) is 10.8 Å². The van der Waals surface area contributed by atoms with Crippen LogP contribution in [-0.4, -0.2) is 27.0 Å². The van der Waals surface area contributed by atoms with Crippen molar-refractivity contribution in [3.05, 3.63) is 47.7 Å². The zero-order chi connectivity index (χ0) is 15.9. The molecule has 114 valence electrons. The van der Waals surface area contributed by atoms with E-state index in [1.807, 2.05) is 43.3 Å². The lowest BCUT2D eigenvalue weighted by Gasteiger charge is -2.11. The monoisotopic (exact) mass is 298 g/mol. The maximum atomic E-state index is 12.7. The van der Waals surface area contributed by atoms with Crippen LogP contribution in [0.15, 0.2) is 36.4 Å². The van der Waals surface area contributed by atoms with E-state index in [-0.39, 0.29) is 17.0 Å². The third-order valence-corrected chi connectivity index (χ3v) is 4.00. The predicted molar refractivity (Wildman–Crippen MR) is 85.6 cm³/mol. The Morgan fingerprint density at radius 3 is 2.64 bits per heavy atom. The van der Waals surface area contributed by atoms with Crippen LogP contribution in [-0.2, 0) is 0 Å². The molecule has 0 saturated carbocycles. The molecule has 0 saturated heterocycles. The molecule has 1 heterocycles. The lowest BCUT2D eigenvalue weighted by atomic mass is 9.96. The van der Waals surface area contributed by atoms with Gasteiger partial charge in [0.1, 0.15) is 0 Å². The maximum absolute atomic E-state index is 12.7. The smallest absolute Gasteiger partial charge is 0.194 e. The molecule has 0 fully saturated rings. The summed E-state index contributed by atoms with van der Waals surface area (Å²) < 4.78 is 0. The Balaban J connectivity index is 2.41. The molecule has 0 radical (unpaired) electrons. The van der Waals surface area contributed by atoms with Crippen molar-refractivity contribution in [2.24, 2.45) is 5.73 Å². The highest BCUT2D eigenvalue weighted by Crippen LogP contribution is 2.33. The van der Waals surface area contributed by atoms with Gasteiger partial charge in [0, 0.05) is 10.9 Å². The van der Waals surface area contributed by atoms with Crippen LogP contribution in [0.2, 0.25) is 0 Å². The average molecular weight is 298 g/mol. The van der Waals surface area contributed by atoms with Crippen LogP contribution in [0.3, 0.4) is 0 Å². The van der Waals surface area contributed by atoms with Crippen molar-refractivity contribution in [1.29, 1.82) is 0 Å². The molecule has 0 aliphatic heterocycles. The summed E-state index contributed by atoms with van der Waals surface area (Å²) in [5.41, 5.74) is 6.95. The zero-order valence-electron chi connectivity index (χ0n) is 12.2. The van der Waals surface area contributed by atoms with Crippen molar-refractivity contribution in [2.45, 2.75) is 25.7 Å². The molecule has 5 N–H and O–H groups in total. The number of nitrogens with two attached hydrogens (primary N) is 1. The number of Topliss-reactive ketones (excluding diaryl/α,β-unsaturated/α-hetero) is 1. The molecule has 0 spiro atoms. The van der Waals surface area contributed by atoms with E-state index in [4.69, 9.17) is 5.73 Å². The fraction of sp³-hybridized carbons (Fsp3) is 0.235. The largest absolute Gasteiger partial charge is 0.363 e. The van der Waals surface area contributed by atoms with Crippen molar-refractivity contribution >= 4 is 27.5 Å². The average Bonchev–Trinajstić information content (AvgIpc) is 2.93. The molecule has 1 aromatic heterocycles. The quantitative estimate of drug-likeness (QED) is 0.438. The zero-order valence-corrected chi connectivity index (χ0v) is 12.2. The molecule has 0 unspecified atom stereocenters. The molecule has 2 aromatic carbocycles. The first-order valence-electron chi connectivity index (χ1n) is 7.23. The number of rotatable bonds is 4. The maximum Gasteiger partial charge on any atom is 0.194 e. The topological polar surface area (TPSA) is 99.3 Å². The number of aliphatic hydroxyl groups is 2. The minimum absolute atomic E-state index is 0.0975. The van der Waals surface area contributed by atoms with Gasteiger partial charge in [-0.3, -0.25) is 4.79 Å². The van der Waals surface area contributed by atoms with Gasteiger partial charge in [-0.25, -0.2) is 0 Å². The highest BCUT2D eigenvalue weighted by atomic mass is 16.5. The lowest BCUT2D eigenvalue weighted by Crippen LogP contribution is -2.30. The number of aromatic amines is 1. The number of carbonyl (C=O) groups excluding carboxylic acids is 1. The first kappa shape index (κ1) is 14.7. The molecular formula is C17H18N2O3. The molecule has 5 nitrogen and oxygen atoms in total. The minimum Gasteiger partial charge on any atom is -0.363 e. The van der Waals surface area contributed by atoms with E-state index in [9.17, 15) is 15.0 Å². The molecular weight excluding hydrogens is 280 g/mol. The molecule has 0 aliphatic rings. The van der Waals surface area contributed by atoms with Crippen molar-refractivity contribution in [2.75, 3.05) is 0 Å². The Hall–Kier alpha value is -2.21. The van der Waals surface area contributed by atoms with Crippen molar-refractivity contribution < 1.29 is 15.0 Å². The molecule has 0 aliphatic carbocycles. The summed E-state index contributed by atoms with van der Waals surface area (Å²) in [4.78, 5) is 15.6. The number of nitrogens with one attached hydrogen (secondary N) is 1. The highest BCUT2D eigenvalue weighted by Gasteiger charge is 2.26. The SMILES string of the molecule is CC[C@H](N)C(=O)c1c(C(O)O)[nH]c2ccc3ccccc3c12.